The SMILES string of the molecule is CC/C=C\C/C=C\C/C=C\C/C=C\C/C=C\C/C=C\CCCCCCCCCCCCC(=O)NC(COC1OC(CO)C(OC2OC(CO)C(O)C(O)C2O)C(O)C1O)C(O)CCCCCCCCCCCCCCCCCCCCCC. The van der Waals surface area contributed by atoms with Crippen LogP contribution in [0.3, 0.4) is 0 Å². The van der Waals surface area contributed by atoms with Gasteiger partial charge in [-0.3, -0.25) is 4.79 Å². The summed E-state index contributed by atoms with van der Waals surface area (Å²) in [5.41, 5.74) is 0. The van der Waals surface area contributed by atoms with E-state index >= 15 is 0 Å². The maximum absolute atomic E-state index is 13.3. The van der Waals surface area contributed by atoms with E-state index in [4.69, 9.17) is 18.9 Å². The van der Waals surface area contributed by atoms with E-state index in [9.17, 15) is 45.6 Å². The van der Waals surface area contributed by atoms with Crippen LogP contribution in [0.25, 0.3) is 0 Å². The fourth-order valence-corrected chi connectivity index (χ4v) is 10.8. The molecular formula is C69H123NO13. The summed E-state index contributed by atoms with van der Waals surface area (Å²) < 4.78 is 22.9. The highest BCUT2D eigenvalue weighted by Crippen LogP contribution is 2.30. The second-order valence-electron chi connectivity index (χ2n) is 23.6. The van der Waals surface area contributed by atoms with E-state index in [0.717, 1.165) is 89.9 Å². The van der Waals surface area contributed by atoms with E-state index < -0.39 is 86.8 Å². The molecule has 1 amide bonds. The molecule has 2 aliphatic rings. The van der Waals surface area contributed by atoms with Gasteiger partial charge in [-0.1, -0.05) is 267 Å². The van der Waals surface area contributed by atoms with Crippen LogP contribution in [0, 0.1) is 0 Å². The Balaban J connectivity index is 1.69. The highest BCUT2D eigenvalue weighted by atomic mass is 16.7. The van der Waals surface area contributed by atoms with Gasteiger partial charge in [0.2, 0.25) is 5.91 Å². The molecule has 482 valence electrons. The van der Waals surface area contributed by atoms with Gasteiger partial charge in [0.15, 0.2) is 12.6 Å². The van der Waals surface area contributed by atoms with Crippen LogP contribution in [-0.2, 0) is 23.7 Å². The van der Waals surface area contributed by atoms with Crippen molar-refractivity contribution < 1.29 is 64.6 Å². The lowest BCUT2D eigenvalue weighted by Gasteiger charge is -2.46. The molecule has 0 saturated carbocycles. The van der Waals surface area contributed by atoms with Crippen molar-refractivity contribution in [3.63, 3.8) is 0 Å². The van der Waals surface area contributed by atoms with Crippen molar-refractivity contribution >= 4 is 5.91 Å². The first-order valence-electron chi connectivity index (χ1n) is 33.7. The third-order valence-corrected chi connectivity index (χ3v) is 16.2. The fraction of sp³-hybridized carbons (Fsp3) is 0.812. The van der Waals surface area contributed by atoms with Crippen molar-refractivity contribution in [1.82, 2.24) is 5.32 Å². The normalized spacial score (nSPS) is 24.3. The molecule has 9 N–H and O–H groups in total. The largest absolute Gasteiger partial charge is 0.394 e. The summed E-state index contributed by atoms with van der Waals surface area (Å²) in [6.07, 6.45) is 54.7. The van der Waals surface area contributed by atoms with Gasteiger partial charge in [0.05, 0.1) is 32.0 Å². The third kappa shape index (κ3) is 38.4. The zero-order valence-corrected chi connectivity index (χ0v) is 52.2. The summed E-state index contributed by atoms with van der Waals surface area (Å²) in [5, 5.41) is 87.5. The maximum Gasteiger partial charge on any atom is 0.220 e. The molecule has 83 heavy (non-hydrogen) atoms. The van der Waals surface area contributed by atoms with Crippen LogP contribution in [0.2, 0.25) is 0 Å². The summed E-state index contributed by atoms with van der Waals surface area (Å²) in [7, 11) is 0. The van der Waals surface area contributed by atoms with Crippen LogP contribution in [0.15, 0.2) is 72.9 Å². The van der Waals surface area contributed by atoms with Crippen molar-refractivity contribution in [2.75, 3.05) is 19.8 Å². The summed E-state index contributed by atoms with van der Waals surface area (Å²) in [6.45, 7) is 2.77. The number of aliphatic hydroxyl groups is 8. The van der Waals surface area contributed by atoms with Gasteiger partial charge in [0, 0.05) is 6.42 Å². The molecule has 12 unspecified atom stereocenters. The average Bonchev–Trinajstić information content (AvgIpc) is 3.65. The van der Waals surface area contributed by atoms with Gasteiger partial charge in [0.1, 0.15) is 48.8 Å². The highest BCUT2D eigenvalue weighted by molar-refractivity contribution is 5.76. The van der Waals surface area contributed by atoms with Crippen molar-refractivity contribution in [1.29, 1.82) is 0 Å². The van der Waals surface area contributed by atoms with Crippen molar-refractivity contribution in [3.8, 4) is 0 Å². The van der Waals surface area contributed by atoms with E-state index in [2.05, 4.69) is 92.1 Å². The molecule has 2 aliphatic heterocycles. The van der Waals surface area contributed by atoms with Crippen LogP contribution in [0.5, 0.6) is 0 Å². The summed E-state index contributed by atoms with van der Waals surface area (Å²) in [4.78, 5) is 13.3. The van der Waals surface area contributed by atoms with E-state index in [1.54, 1.807) is 0 Å². The molecule has 2 saturated heterocycles. The first-order chi connectivity index (χ1) is 40.6. The summed E-state index contributed by atoms with van der Waals surface area (Å²) >= 11 is 0. The van der Waals surface area contributed by atoms with Gasteiger partial charge in [-0.2, -0.15) is 0 Å². The van der Waals surface area contributed by atoms with Gasteiger partial charge in [-0.05, 0) is 64.2 Å². The highest BCUT2D eigenvalue weighted by Gasteiger charge is 2.51. The lowest BCUT2D eigenvalue weighted by Crippen LogP contribution is -2.65. The second kappa shape index (κ2) is 53.7. The molecule has 0 aliphatic carbocycles. The second-order valence-corrected chi connectivity index (χ2v) is 23.6. The van der Waals surface area contributed by atoms with Crippen molar-refractivity contribution in [2.24, 2.45) is 0 Å². The quantitative estimate of drug-likeness (QED) is 0.0204. The Morgan fingerprint density at radius 1 is 0.446 bits per heavy atom. The number of carbonyl (C=O) groups is 1. The number of amides is 1. The number of hydrogen-bond donors (Lipinski definition) is 9. The van der Waals surface area contributed by atoms with Crippen LogP contribution in [-0.4, -0.2) is 140 Å². The van der Waals surface area contributed by atoms with Crippen LogP contribution >= 0.6 is 0 Å². The predicted octanol–water partition coefficient (Wildman–Crippen LogP) is 13.1. The molecule has 2 fully saturated rings. The molecule has 2 heterocycles. The van der Waals surface area contributed by atoms with Crippen LogP contribution in [0.4, 0.5) is 0 Å². The van der Waals surface area contributed by atoms with Gasteiger partial charge in [-0.25, -0.2) is 0 Å². The topological polar surface area (TPSA) is 228 Å². The Morgan fingerprint density at radius 3 is 1.28 bits per heavy atom. The number of carbonyl (C=O) groups excluding carboxylic acids is 1. The lowest BCUT2D eigenvalue weighted by molar-refractivity contribution is -0.359. The number of allylic oxidation sites excluding steroid dienone is 12. The maximum atomic E-state index is 13.3. The van der Waals surface area contributed by atoms with Crippen LogP contribution in [0.1, 0.15) is 264 Å². The van der Waals surface area contributed by atoms with Gasteiger partial charge in [-0.15, -0.1) is 0 Å². The first-order valence-corrected chi connectivity index (χ1v) is 33.7. The molecule has 2 rings (SSSR count). The van der Waals surface area contributed by atoms with E-state index in [0.29, 0.717) is 19.3 Å². The number of hydrogen-bond acceptors (Lipinski definition) is 13. The number of ether oxygens (including phenoxy) is 4. The fourth-order valence-electron chi connectivity index (χ4n) is 10.8. The molecule has 14 heteroatoms. The standard InChI is InChI=1S/C69H123NO13/c1-3-5-7-9-11-13-15-17-19-21-23-25-26-27-28-29-30-31-32-33-35-37-39-41-43-45-47-49-51-53-61(74)70-57(58(73)52-50-48-46-44-42-40-38-36-34-24-22-20-18-16-14-12-10-8-6-4-2)56-80-68-66(79)64(77)67(60(55-72)82-68)83-69-65(78)63(76)62(75)59(54-71)81-69/h5,7,11,13,17,19,23,25,27-28,30-31,57-60,62-69,71-73,75-79H,3-4,6,8-10,12,14-16,18,20-22,24,26,29,32-56H2,1-2H3,(H,70,74)/b7-5-,13-11-,19-17-,25-23-,28-27-,31-30-. The third-order valence-electron chi connectivity index (χ3n) is 16.2. The van der Waals surface area contributed by atoms with Crippen molar-refractivity contribution in [2.45, 2.75) is 338 Å². The number of unbranched alkanes of at least 4 members (excludes halogenated alkanes) is 29. The molecule has 0 aromatic carbocycles. The number of aliphatic hydroxyl groups excluding tert-OH is 8. The Kier molecular flexibility index (Phi) is 49.5. The summed E-state index contributed by atoms with van der Waals surface area (Å²) in [5.74, 6) is -0.212. The smallest absolute Gasteiger partial charge is 0.220 e. The monoisotopic (exact) mass is 1170 g/mol. The molecular weight excluding hydrogens is 1050 g/mol. The minimum Gasteiger partial charge on any atom is -0.394 e. The molecule has 14 nitrogen and oxygen atoms in total. The van der Waals surface area contributed by atoms with Crippen molar-refractivity contribution in [3.05, 3.63) is 72.9 Å². The van der Waals surface area contributed by atoms with Gasteiger partial charge >= 0.3 is 0 Å². The summed E-state index contributed by atoms with van der Waals surface area (Å²) in [6, 6.07) is -0.836. The molecule has 0 aromatic rings. The van der Waals surface area contributed by atoms with Gasteiger partial charge < -0.3 is 65.1 Å². The first kappa shape index (κ1) is 76.5. The predicted molar refractivity (Wildman–Crippen MR) is 337 cm³/mol. The zero-order chi connectivity index (χ0) is 60.2. The molecule has 0 spiro atoms. The Morgan fingerprint density at radius 2 is 0.831 bits per heavy atom. The number of nitrogens with one attached hydrogen (secondary N) is 1. The molecule has 0 radical (unpaired) electrons. The van der Waals surface area contributed by atoms with E-state index in [1.165, 1.54) is 141 Å². The zero-order valence-electron chi connectivity index (χ0n) is 52.2. The minimum atomic E-state index is -1.79. The lowest BCUT2D eigenvalue weighted by atomic mass is 9.97. The molecule has 12 atom stereocenters. The Bertz CT molecular complexity index is 1670. The molecule has 0 aromatic heterocycles. The van der Waals surface area contributed by atoms with Gasteiger partial charge in [0.25, 0.3) is 0 Å². The Labute approximate surface area is 504 Å². The average molecular weight is 1170 g/mol. The number of rotatable bonds is 54. The van der Waals surface area contributed by atoms with E-state index in [1.807, 2.05) is 0 Å². The minimum absolute atomic E-state index is 0.212. The van der Waals surface area contributed by atoms with Crippen LogP contribution < -0.4 is 5.32 Å². The van der Waals surface area contributed by atoms with E-state index in [-0.39, 0.29) is 12.5 Å². The Hall–Kier alpha value is -2.57. The molecule has 0 bridgehead atoms.